The molecular formula is C15H12N2O3. The second-order valence-corrected chi connectivity index (χ2v) is 4.32. The quantitative estimate of drug-likeness (QED) is 0.790. The predicted molar refractivity (Wildman–Crippen MR) is 72.4 cm³/mol. The van der Waals surface area contributed by atoms with Crippen LogP contribution in [0.2, 0.25) is 0 Å². The van der Waals surface area contributed by atoms with Gasteiger partial charge in [0.15, 0.2) is 0 Å². The van der Waals surface area contributed by atoms with Gasteiger partial charge in [-0.1, -0.05) is 30.3 Å². The maximum absolute atomic E-state index is 10.8. The van der Waals surface area contributed by atoms with Crippen molar-refractivity contribution in [3.8, 4) is 11.4 Å². The number of aromatic carboxylic acids is 1. The third-order valence-electron chi connectivity index (χ3n) is 2.95. The van der Waals surface area contributed by atoms with Crippen molar-refractivity contribution in [2.75, 3.05) is 0 Å². The SMILES string of the molecule is O=C(O)c1ccc(Cn2ccnc2-c2ccccc2)o1. The number of carboxylic acids is 1. The van der Waals surface area contributed by atoms with Crippen LogP contribution in [0.4, 0.5) is 0 Å². The van der Waals surface area contributed by atoms with Crippen molar-refractivity contribution in [3.05, 3.63) is 66.4 Å². The average molecular weight is 268 g/mol. The van der Waals surface area contributed by atoms with Gasteiger partial charge in [0.05, 0.1) is 6.54 Å². The molecule has 2 heterocycles. The van der Waals surface area contributed by atoms with Crippen molar-refractivity contribution in [3.63, 3.8) is 0 Å². The van der Waals surface area contributed by atoms with E-state index < -0.39 is 5.97 Å². The predicted octanol–water partition coefficient (Wildman–Crippen LogP) is 2.89. The van der Waals surface area contributed by atoms with E-state index in [4.69, 9.17) is 9.52 Å². The second kappa shape index (κ2) is 5.05. The van der Waals surface area contributed by atoms with Gasteiger partial charge in [-0.05, 0) is 12.1 Å². The molecule has 0 unspecified atom stereocenters. The molecule has 0 amide bonds. The third kappa shape index (κ3) is 2.33. The fraction of sp³-hybridized carbons (Fsp3) is 0.0667. The standard InChI is InChI=1S/C15H12N2O3/c18-15(19)13-7-6-12(20-13)10-17-9-8-16-14(17)11-4-2-1-3-5-11/h1-9H,10H2,(H,18,19). The molecule has 3 aromatic rings. The number of nitrogens with zero attached hydrogens (tertiary/aromatic N) is 2. The Morgan fingerprint density at radius 1 is 1.20 bits per heavy atom. The van der Waals surface area contributed by atoms with E-state index in [9.17, 15) is 4.79 Å². The van der Waals surface area contributed by atoms with Crippen molar-refractivity contribution < 1.29 is 14.3 Å². The highest BCUT2D eigenvalue weighted by molar-refractivity contribution is 5.84. The minimum Gasteiger partial charge on any atom is -0.475 e. The van der Waals surface area contributed by atoms with Gasteiger partial charge >= 0.3 is 5.97 Å². The van der Waals surface area contributed by atoms with Gasteiger partial charge in [-0.2, -0.15) is 0 Å². The minimum atomic E-state index is -1.06. The first-order valence-electron chi connectivity index (χ1n) is 6.12. The number of hydrogen-bond acceptors (Lipinski definition) is 3. The fourth-order valence-electron chi connectivity index (χ4n) is 2.03. The van der Waals surface area contributed by atoms with Crippen LogP contribution in [0, 0.1) is 0 Å². The summed E-state index contributed by atoms with van der Waals surface area (Å²) in [7, 11) is 0. The molecule has 0 aliphatic rings. The number of hydrogen-bond donors (Lipinski definition) is 1. The summed E-state index contributed by atoms with van der Waals surface area (Å²) in [5.74, 6) is 0.281. The molecule has 0 radical (unpaired) electrons. The van der Waals surface area contributed by atoms with Crippen LogP contribution < -0.4 is 0 Å². The molecule has 2 aromatic heterocycles. The largest absolute Gasteiger partial charge is 0.475 e. The molecule has 0 bridgehead atoms. The van der Waals surface area contributed by atoms with Gasteiger partial charge in [-0.3, -0.25) is 0 Å². The summed E-state index contributed by atoms with van der Waals surface area (Å²) in [5.41, 5.74) is 1.00. The van der Waals surface area contributed by atoms with E-state index in [-0.39, 0.29) is 5.76 Å². The molecule has 20 heavy (non-hydrogen) atoms. The summed E-state index contributed by atoms with van der Waals surface area (Å²) in [6.45, 7) is 0.442. The summed E-state index contributed by atoms with van der Waals surface area (Å²) in [6, 6.07) is 12.9. The van der Waals surface area contributed by atoms with Gasteiger partial charge in [-0.15, -0.1) is 0 Å². The number of carboxylic acid groups (broad SMARTS) is 1. The fourth-order valence-corrected chi connectivity index (χ4v) is 2.03. The van der Waals surface area contributed by atoms with Crippen LogP contribution in [0.25, 0.3) is 11.4 Å². The minimum absolute atomic E-state index is 0.0543. The van der Waals surface area contributed by atoms with Crippen molar-refractivity contribution in [1.29, 1.82) is 0 Å². The number of aromatic nitrogens is 2. The summed E-state index contributed by atoms with van der Waals surface area (Å²) in [6.07, 6.45) is 3.55. The maximum atomic E-state index is 10.8. The zero-order valence-corrected chi connectivity index (χ0v) is 10.6. The Hall–Kier alpha value is -2.82. The Bertz CT molecular complexity index is 728. The lowest BCUT2D eigenvalue weighted by Gasteiger charge is -2.05. The monoisotopic (exact) mass is 268 g/mol. The van der Waals surface area contributed by atoms with E-state index in [1.54, 1.807) is 12.3 Å². The van der Waals surface area contributed by atoms with E-state index in [1.807, 2.05) is 41.1 Å². The summed E-state index contributed by atoms with van der Waals surface area (Å²) in [4.78, 5) is 15.1. The van der Waals surface area contributed by atoms with Crippen molar-refractivity contribution in [2.24, 2.45) is 0 Å². The van der Waals surface area contributed by atoms with Gasteiger partial charge in [0.1, 0.15) is 11.6 Å². The lowest BCUT2D eigenvalue weighted by molar-refractivity contribution is 0.0660. The molecule has 0 aliphatic heterocycles. The Balaban J connectivity index is 1.88. The van der Waals surface area contributed by atoms with E-state index in [0.29, 0.717) is 12.3 Å². The average Bonchev–Trinajstić information content (AvgIpc) is 3.09. The molecule has 5 heteroatoms. The molecule has 0 saturated heterocycles. The van der Waals surface area contributed by atoms with Crippen LogP contribution >= 0.6 is 0 Å². The highest BCUT2D eigenvalue weighted by Crippen LogP contribution is 2.19. The molecule has 5 nitrogen and oxygen atoms in total. The second-order valence-electron chi connectivity index (χ2n) is 4.32. The maximum Gasteiger partial charge on any atom is 0.371 e. The molecule has 1 N–H and O–H groups in total. The number of benzene rings is 1. The number of rotatable bonds is 4. The molecule has 3 rings (SSSR count). The topological polar surface area (TPSA) is 68.3 Å². The molecule has 0 atom stereocenters. The smallest absolute Gasteiger partial charge is 0.371 e. The van der Waals surface area contributed by atoms with Crippen molar-refractivity contribution >= 4 is 5.97 Å². The van der Waals surface area contributed by atoms with Gasteiger partial charge in [0.2, 0.25) is 5.76 Å². The van der Waals surface area contributed by atoms with Gasteiger partial charge in [0.25, 0.3) is 0 Å². The van der Waals surface area contributed by atoms with Crippen LogP contribution in [0.1, 0.15) is 16.3 Å². The molecule has 0 saturated carbocycles. The van der Waals surface area contributed by atoms with Gasteiger partial charge in [-0.25, -0.2) is 9.78 Å². The van der Waals surface area contributed by atoms with Crippen LogP contribution in [-0.4, -0.2) is 20.6 Å². The van der Waals surface area contributed by atoms with E-state index in [1.165, 1.54) is 6.07 Å². The Labute approximate surface area is 115 Å². The normalized spacial score (nSPS) is 10.6. The molecular weight excluding hydrogens is 256 g/mol. The lowest BCUT2D eigenvalue weighted by atomic mass is 10.2. The first-order chi connectivity index (χ1) is 9.74. The van der Waals surface area contributed by atoms with Gasteiger partial charge in [0, 0.05) is 18.0 Å². The van der Waals surface area contributed by atoms with Crippen LogP contribution in [-0.2, 0) is 6.54 Å². The van der Waals surface area contributed by atoms with Crippen LogP contribution in [0.15, 0.2) is 59.3 Å². The number of imidazole rings is 1. The highest BCUT2D eigenvalue weighted by Gasteiger charge is 2.11. The summed E-state index contributed by atoms with van der Waals surface area (Å²) >= 11 is 0. The van der Waals surface area contributed by atoms with E-state index in [0.717, 1.165) is 11.4 Å². The number of carbonyl (C=O) groups is 1. The summed E-state index contributed by atoms with van der Waals surface area (Å²) < 4.78 is 7.18. The Morgan fingerprint density at radius 3 is 2.70 bits per heavy atom. The number of furan rings is 1. The highest BCUT2D eigenvalue weighted by atomic mass is 16.4. The first-order valence-corrected chi connectivity index (χ1v) is 6.12. The van der Waals surface area contributed by atoms with Gasteiger partial charge < -0.3 is 14.1 Å². The molecule has 100 valence electrons. The zero-order chi connectivity index (χ0) is 13.9. The third-order valence-corrected chi connectivity index (χ3v) is 2.95. The Morgan fingerprint density at radius 2 is 2.00 bits per heavy atom. The molecule has 0 spiro atoms. The van der Waals surface area contributed by atoms with Crippen molar-refractivity contribution in [2.45, 2.75) is 6.54 Å². The van der Waals surface area contributed by atoms with E-state index >= 15 is 0 Å². The Kier molecular flexibility index (Phi) is 3.09. The lowest BCUT2D eigenvalue weighted by Crippen LogP contribution is -2.00. The van der Waals surface area contributed by atoms with Crippen molar-refractivity contribution in [1.82, 2.24) is 9.55 Å². The molecule has 1 aromatic carbocycles. The summed E-state index contributed by atoms with van der Waals surface area (Å²) in [5, 5.41) is 8.84. The van der Waals surface area contributed by atoms with Crippen LogP contribution in [0.5, 0.6) is 0 Å². The molecule has 0 fully saturated rings. The molecule has 0 aliphatic carbocycles. The van der Waals surface area contributed by atoms with E-state index in [2.05, 4.69) is 4.98 Å². The first kappa shape index (κ1) is 12.2. The van der Waals surface area contributed by atoms with Crippen LogP contribution in [0.3, 0.4) is 0 Å². The zero-order valence-electron chi connectivity index (χ0n) is 10.6.